The molecular weight excluding hydrogens is 765 g/mol. The van der Waals surface area contributed by atoms with Gasteiger partial charge in [-0.05, 0) is 80.0 Å². The van der Waals surface area contributed by atoms with Crippen molar-refractivity contribution in [2.24, 2.45) is 36.1 Å². The lowest BCUT2D eigenvalue weighted by Crippen LogP contribution is -2.49. The summed E-state index contributed by atoms with van der Waals surface area (Å²) in [5.41, 5.74) is -0.0495. The van der Waals surface area contributed by atoms with Crippen LogP contribution in [0.3, 0.4) is 0 Å². The molecule has 17 heteroatoms. The van der Waals surface area contributed by atoms with E-state index in [-0.39, 0.29) is 30.8 Å². The van der Waals surface area contributed by atoms with E-state index in [0.717, 1.165) is 48.5 Å². The molecule has 2 aliphatic carbocycles. The lowest BCUT2D eigenvalue weighted by atomic mass is 9.51. The Labute approximate surface area is 319 Å². The van der Waals surface area contributed by atoms with Crippen LogP contribution in [0.15, 0.2) is 54.1 Å². The van der Waals surface area contributed by atoms with Crippen LogP contribution in [0.1, 0.15) is 43.2 Å². The molecule has 55 heavy (non-hydrogen) atoms. The summed E-state index contributed by atoms with van der Waals surface area (Å²) < 4.78 is 46.9. The number of anilines is 1. The highest BCUT2D eigenvalue weighted by molar-refractivity contribution is 7.22. The van der Waals surface area contributed by atoms with Crippen molar-refractivity contribution in [2.75, 3.05) is 11.4 Å². The second-order valence-electron chi connectivity index (χ2n) is 14.6. The molecule has 0 spiro atoms. The number of hydrogen-bond acceptors (Lipinski definition) is 9. The summed E-state index contributed by atoms with van der Waals surface area (Å²) in [7, 11) is 1.58. The number of nitrogens with zero attached hydrogens (tertiary/aromatic N) is 4. The van der Waals surface area contributed by atoms with E-state index < -0.39 is 88.9 Å². The number of phenolic OH excluding ortho intramolecular Hbond substituents is 1. The minimum Gasteiger partial charge on any atom is -0.508 e. The van der Waals surface area contributed by atoms with Crippen molar-refractivity contribution in [3.63, 3.8) is 0 Å². The zero-order chi connectivity index (χ0) is 39.5. The van der Waals surface area contributed by atoms with E-state index in [9.17, 15) is 47.4 Å². The first-order valence-electron chi connectivity index (χ1n) is 17.4. The fraction of sp³-hybridized carbons (Fsp3) is 0.368. The van der Waals surface area contributed by atoms with Crippen molar-refractivity contribution in [2.45, 2.75) is 45.4 Å². The van der Waals surface area contributed by atoms with Gasteiger partial charge in [0.1, 0.15) is 23.0 Å². The quantitative estimate of drug-likeness (QED) is 0.156. The van der Waals surface area contributed by atoms with E-state index in [0.29, 0.717) is 16.3 Å². The SMILES string of the molecule is Cc1c(-c2cc(N3C(=O)[C@@H]4C[C@@H]5C(=CC[C@@H]6C(=O)N(CCC(=O)O)C(=O)[C@@H]65)[C@H](c5cc(OC(F)(F)F)ccc5O)[C@]4(C)C3=O)n(C)n2)sc2ccc(Cl)cc12. The summed E-state index contributed by atoms with van der Waals surface area (Å²) in [6.45, 7) is 3.08. The molecule has 6 atom stereocenters. The average Bonchev–Trinajstić information content (AvgIpc) is 3.78. The lowest BCUT2D eigenvalue weighted by molar-refractivity contribution is -0.274. The van der Waals surface area contributed by atoms with Gasteiger partial charge >= 0.3 is 12.3 Å². The zero-order valence-corrected chi connectivity index (χ0v) is 31.0. The molecule has 4 aromatic rings. The molecule has 0 bridgehead atoms. The maximum atomic E-state index is 15.0. The van der Waals surface area contributed by atoms with Gasteiger partial charge in [0.25, 0.3) is 0 Å². The number of phenols is 1. The second-order valence-corrected chi connectivity index (χ2v) is 16.1. The number of amides is 4. The number of carboxylic acids is 1. The third-order valence-corrected chi connectivity index (χ3v) is 13.2. The number of alkyl halides is 3. The Hall–Kier alpha value is -5.22. The number of rotatable bonds is 7. The van der Waals surface area contributed by atoms with Crippen molar-refractivity contribution >= 4 is 68.4 Å². The van der Waals surface area contributed by atoms with Crippen LogP contribution >= 0.6 is 22.9 Å². The molecule has 2 aliphatic heterocycles. The molecule has 286 valence electrons. The van der Waals surface area contributed by atoms with Crippen molar-refractivity contribution in [3.05, 3.63) is 70.3 Å². The predicted molar refractivity (Wildman–Crippen MR) is 192 cm³/mol. The number of thiophene rings is 1. The number of carbonyl (C=O) groups is 5. The topological polar surface area (TPSA) is 159 Å². The van der Waals surface area contributed by atoms with Gasteiger partial charge in [-0.15, -0.1) is 24.5 Å². The number of carboxylic acid groups (broad SMARTS) is 1. The Morgan fingerprint density at radius 3 is 2.53 bits per heavy atom. The molecule has 2 aromatic carbocycles. The number of aryl methyl sites for hydroxylation is 2. The number of likely N-dealkylation sites (tertiary alicyclic amines) is 1. The first-order valence-corrected chi connectivity index (χ1v) is 18.6. The second kappa shape index (κ2) is 12.7. The first kappa shape index (κ1) is 36.7. The molecule has 4 aliphatic rings. The van der Waals surface area contributed by atoms with Gasteiger partial charge in [0, 0.05) is 40.9 Å². The first-order chi connectivity index (χ1) is 25.9. The standard InChI is InChI=1S/C38H32ClF3N4O8S/c1-16-21-12-17(39)4-9-27(21)55-32(16)25-15-28(44(3)43-25)46-34(51)24-14-22-19(6-7-20-30(22)35(52)45(33(20)50)11-10-29(48)49)31(37(24,2)36(46)53)23-13-18(5-8-26(23)47)54-38(40,41)42/h4-6,8-9,12-13,15,20,22,24,30-31,47H,7,10-11,14H2,1-3H3,(H,48,49)/t20-,22+,24-,30-,31+,37+/m0/s1. The number of fused-ring (bicyclic) bond motifs is 5. The molecule has 2 N–H and O–H groups in total. The smallest absolute Gasteiger partial charge is 0.508 e. The summed E-state index contributed by atoms with van der Waals surface area (Å²) in [5.74, 6) is -9.92. The molecule has 0 radical (unpaired) electrons. The number of aromatic hydroxyl groups is 1. The summed E-state index contributed by atoms with van der Waals surface area (Å²) >= 11 is 7.72. The minimum atomic E-state index is -5.09. The van der Waals surface area contributed by atoms with Crippen LogP contribution in [-0.4, -0.2) is 67.4 Å². The number of aromatic nitrogens is 2. The van der Waals surface area contributed by atoms with Crippen LogP contribution < -0.4 is 9.64 Å². The number of benzene rings is 2. The van der Waals surface area contributed by atoms with E-state index in [2.05, 4.69) is 9.84 Å². The van der Waals surface area contributed by atoms with Crippen molar-refractivity contribution in [3.8, 4) is 22.1 Å². The van der Waals surface area contributed by atoms with Crippen LogP contribution in [0.5, 0.6) is 11.5 Å². The Kier molecular flexibility index (Phi) is 8.46. The van der Waals surface area contributed by atoms with E-state index >= 15 is 0 Å². The number of ether oxygens (including phenoxy) is 1. The van der Waals surface area contributed by atoms with Gasteiger partial charge in [0.15, 0.2) is 0 Å². The number of allylic oxidation sites excluding steroid dienone is 2. The third kappa shape index (κ3) is 5.62. The van der Waals surface area contributed by atoms with Gasteiger partial charge < -0.3 is 14.9 Å². The largest absolute Gasteiger partial charge is 0.573 e. The van der Waals surface area contributed by atoms with Gasteiger partial charge in [0.2, 0.25) is 23.6 Å². The number of imide groups is 2. The fourth-order valence-corrected chi connectivity index (χ4v) is 10.6. The number of aliphatic carboxylic acids is 1. The third-order valence-electron chi connectivity index (χ3n) is 11.7. The van der Waals surface area contributed by atoms with Crippen LogP contribution in [0.25, 0.3) is 20.7 Å². The maximum Gasteiger partial charge on any atom is 0.573 e. The molecule has 4 heterocycles. The van der Waals surface area contributed by atoms with Gasteiger partial charge in [-0.2, -0.15) is 5.10 Å². The Morgan fingerprint density at radius 1 is 1.07 bits per heavy atom. The zero-order valence-electron chi connectivity index (χ0n) is 29.4. The molecule has 1 saturated carbocycles. The highest BCUT2D eigenvalue weighted by Gasteiger charge is 2.68. The van der Waals surface area contributed by atoms with Crippen LogP contribution in [-0.2, 0) is 31.0 Å². The van der Waals surface area contributed by atoms with E-state index in [4.69, 9.17) is 11.6 Å². The van der Waals surface area contributed by atoms with Gasteiger partial charge in [0.05, 0.1) is 34.5 Å². The number of carbonyl (C=O) groups excluding carboxylic acids is 4. The molecule has 0 unspecified atom stereocenters. The van der Waals surface area contributed by atoms with Crippen molar-refractivity contribution < 1.29 is 52.1 Å². The molecule has 2 aromatic heterocycles. The summed E-state index contributed by atoms with van der Waals surface area (Å²) in [6, 6.07) is 10.0. The summed E-state index contributed by atoms with van der Waals surface area (Å²) in [4.78, 5) is 71.2. The van der Waals surface area contributed by atoms with Gasteiger partial charge in [-0.1, -0.05) is 23.3 Å². The number of halogens is 4. The van der Waals surface area contributed by atoms with Gasteiger partial charge in [-0.25, -0.2) is 4.90 Å². The normalized spacial score (nSPS) is 26.4. The van der Waals surface area contributed by atoms with Crippen molar-refractivity contribution in [1.82, 2.24) is 14.7 Å². The fourth-order valence-electron chi connectivity index (χ4n) is 9.25. The molecule has 3 fully saturated rings. The lowest BCUT2D eigenvalue weighted by Gasteiger charge is -2.49. The number of hydrogen-bond donors (Lipinski definition) is 2. The van der Waals surface area contributed by atoms with Crippen LogP contribution in [0, 0.1) is 36.0 Å². The molecular formula is C38H32ClF3N4O8S. The predicted octanol–water partition coefficient (Wildman–Crippen LogP) is 6.57. The summed E-state index contributed by atoms with van der Waals surface area (Å²) in [5, 5.41) is 26.7. The monoisotopic (exact) mass is 796 g/mol. The minimum absolute atomic E-state index is 0.0120. The van der Waals surface area contributed by atoms with Crippen molar-refractivity contribution in [1.29, 1.82) is 0 Å². The molecule has 8 rings (SSSR count). The average molecular weight is 797 g/mol. The Morgan fingerprint density at radius 2 is 1.82 bits per heavy atom. The maximum absolute atomic E-state index is 15.0. The van der Waals surface area contributed by atoms with E-state index in [1.54, 1.807) is 25.3 Å². The Bertz CT molecular complexity index is 2410. The van der Waals surface area contributed by atoms with Crippen LogP contribution in [0.4, 0.5) is 19.0 Å². The molecule has 12 nitrogen and oxygen atoms in total. The Balaban J connectivity index is 1.25. The summed E-state index contributed by atoms with van der Waals surface area (Å²) in [6.07, 6.45) is -3.96. The highest BCUT2D eigenvalue weighted by atomic mass is 35.5. The molecule has 2 saturated heterocycles. The highest BCUT2D eigenvalue weighted by Crippen LogP contribution is 2.64. The van der Waals surface area contributed by atoms with Crippen LogP contribution in [0.2, 0.25) is 5.02 Å². The van der Waals surface area contributed by atoms with E-state index in [1.165, 1.54) is 22.9 Å². The van der Waals surface area contributed by atoms with E-state index in [1.807, 2.05) is 19.1 Å². The molecule has 4 amide bonds. The van der Waals surface area contributed by atoms with Gasteiger partial charge in [-0.3, -0.25) is 33.6 Å².